The van der Waals surface area contributed by atoms with Gasteiger partial charge in [0.1, 0.15) is 6.17 Å². The summed E-state index contributed by atoms with van der Waals surface area (Å²) in [5, 5.41) is 1.01. The molecule has 2 atom stereocenters. The standard InChI is InChI=1S/C12H14Cl3N3OS/c1-7(2)10-16-18(12(13,14)15)11(19)17(10)8-5-3-4-6-9(8)20/h3-8,10,16H,1-2H3. The molecule has 0 aromatic rings. The molecule has 1 N–H and O–H groups in total. The topological polar surface area (TPSA) is 35.6 Å². The number of rotatable bonds is 2. The van der Waals surface area contributed by atoms with Crippen molar-refractivity contribution in [2.24, 2.45) is 5.92 Å². The van der Waals surface area contributed by atoms with Gasteiger partial charge < -0.3 is 0 Å². The molecule has 0 radical (unpaired) electrons. The van der Waals surface area contributed by atoms with Gasteiger partial charge >= 0.3 is 6.03 Å². The summed E-state index contributed by atoms with van der Waals surface area (Å²) in [6, 6.07) is -0.726. The lowest BCUT2D eigenvalue weighted by Gasteiger charge is -2.32. The Morgan fingerprint density at radius 3 is 2.50 bits per heavy atom. The SMILES string of the molecule is CC(C)C1NN(C(Cl)(Cl)Cl)C(=O)N1C1C=CC=CC1=S. The van der Waals surface area contributed by atoms with E-state index in [-0.39, 0.29) is 18.1 Å². The lowest BCUT2D eigenvalue weighted by atomic mass is 10.0. The third-order valence-corrected chi connectivity index (χ3v) is 4.00. The zero-order valence-corrected chi connectivity index (χ0v) is 14.0. The van der Waals surface area contributed by atoms with Gasteiger partial charge in [0.15, 0.2) is 0 Å². The van der Waals surface area contributed by atoms with Crippen LogP contribution in [0.3, 0.4) is 0 Å². The maximum absolute atomic E-state index is 12.5. The van der Waals surface area contributed by atoms with Gasteiger partial charge in [0.2, 0.25) is 0 Å². The van der Waals surface area contributed by atoms with Crippen LogP contribution in [0.25, 0.3) is 0 Å². The van der Waals surface area contributed by atoms with E-state index < -0.39 is 9.95 Å². The highest BCUT2D eigenvalue weighted by atomic mass is 35.6. The second-order valence-corrected chi connectivity index (χ2v) is 7.60. The number of carbonyl (C=O) groups is 1. The third-order valence-electron chi connectivity index (χ3n) is 3.11. The van der Waals surface area contributed by atoms with Crippen LogP contribution in [0.15, 0.2) is 24.3 Å². The number of nitrogens with one attached hydrogen (secondary N) is 1. The van der Waals surface area contributed by atoms with Gasteiger partial charge in [-0.3, -0.25) is 4.90 Å². The number of urea groups is 1. The summed E-state index contributed by atoms with van der Waals surface area (Å²) >= 11 is 22.8. The number of alkyl halides is 3. The van der Waals surface area contributed by atoms with E-state index in [9.17, 15) is 4.79 Å². The zero-order chi connectivity index (χ0) is 15.1. The summed E-state index contributed by atoms with van der Waals surface area (Å²) in [6.07, 6.45) is 7.05. The lowest BCUT2D eigenvalue weighted by molar-refractivity contribution is 0.178. The maximum atomic E-state index is 12.5. The average Bonchev–Trinajstić information content (AvgIpc) is 2.67. The molecule has 2 amide bonds. The molecule has 2 rings (SSSR count). The minimum Gasteiger partial charge on any atom is -0.295 e. The second kappa shape index (κ2) is 5.81. The Morgan fingerprint density at radius 1 is 1.35 bits per heavy atom. The van der Waals surface area contributed by atoms with Crippen molar-refractivity contribution in [2.75, 3.05) is 0 Å². The van der Waals surface area contributed by atoms with Crippen molar-refractivity contribution in [3.05, 3.63) is 24.3 Å². The number of hydrazine groups is 1. The number of hydrogen-bond donors (Lipinski definition) is 1. The molecule has 0 aromatic heterocycles. The lowest BCUT2D eigenvalue weighted by Crippen LogP contribution is -2.49. The highest BCUT2D eigenvalue weighted by Gasteiger charge is 2.49. The summed E-state index contributed by atoms with van der Waals surface area (Å²) in [6.45, 7) is 3.95. The number of carbonyl (C=O) groups excluding carboxylic acids is 1. The molecule has 1 aliphatic carbocycles. The van der Waals surface area contributed by atoms with Crippen LogP contribution in [0, 0.1) is 5.92 Å². The quantitative estimate of drug-likeness (QED) is 0.469. The van der Waals surface area contributed by atoms with E-state index in [1.807, 2.05) is 32.1 Å². The first-order valence-corrected chi connectivity index (χ1v) is 7.62. The Kier molecular flexibility index (Phi) is 4.66. The summed E-state index contributed by atoms with van der Waals surface area (Å²) in [5.74, 6) is 0.124. The Bertz CT molecular complexity index is 487. The minimum absolute atomic E-state index is 0.124. The summed E-state index contributed by atoms with van der Waals surface area (Å²) in [5.41, 5.74) is 2.94. The molecule has 2 unspecified atom stereocenters. The molecule has 1 fully saturated rings. The number of amides is 2. The fourth-order valence-electron chi connectivity index (χ4n) is 2.17. The Balaban J connectivity index is 2.34. The predicted octanol–water partition coefficient (Wildman–Crippen LogP) is 3.40. The number of thiocarbonyl (C=S) groups is 1. The van der Waals surface area contributed by atoms with E-state index in [1.165, 1.54) is 0 Å². The van der Waals surface area contributed by atoms with E-state index in [0.717, 1.165) is 5.01 Å². The van der Waals surface area contributed by atoms with Crippen molar-refractivity contribution >= 4 is 57.9 Å². The van der Waals surface area contributed by atoms with Gasteiger partial charge in [-0.25, -0.2) is 15.2 Å². The van der Waals surface area contributed by atoms with Gasteiger partial charge in [-0.2, -0.15) is 0 Å². The van der Waals surface area contributed by atoms with Crippen LogP contribution < -0.4 is 5.43 Å². The highest BCUT2D eigenvalue weighted by Crippen LogP contribution is 2.35. The van der Waals surface area contributed by atoms with Crippen LogP contribution in [-0.4, -0.2) is 36.9 Å². The molecule has 0 bridgehead atoms. The largest absolute Gasteiger partial charge is 0.340 e. The van der Waals surface area contributed by atoms with Crippen LogP contribution in [0.1, 0.15) is 13.8 Å². The van der Waals surface area contributed by atoms with Crippen LogP contribution >= 0.6 is 47.0 Å². The normalized spacial score (nSPS) is 27.1. The third kappa shape index (κ3) is 2.97. The number of halogens is 3. The van der Waals surface area contributed by atoms with E-state index in [4.69, 9.17) is 47.0 Å². The van der Waals surface area contributed by atoms with Gasteiger partial charge in [0.25, 0.3) is 3.92 Å². The Morgan fingerprint density at radius 2 is 2.00 bits per heavy atom. The smallest absolute Gasteiger partial charge is 0.295 e. The molecule has 1 heterocycles. The Hall–Kier alpha value is -0.330. The summed E-state index contributed by atoms with van der Waals surface area (Å²) in [4.78, 5) is 14.8. The molecule has 1 aliphatic heterocycles. The van der Waals surface area contributed by atoms with E-state index in [1.54, 1.807) is 11.0 Å². The van der Waals surface area contributed by atoms with Gasteiger partial charge in [0, 0.05) is 4.86 Å². The molecular weight excluding hydrogens is 341 g/mol. The fourth-order valence-corrected chi connectivity index (χ4v) is 2.81. The summed E-state index contributed by atoms with van der Waals surface area (Å²) in [7, 11) is 0. The number of allylic oxidation sites excluding steroid dienone is 2. The van der Waals surface area contributed by atoms with Crippen LogP contribution in [-0.2, 0) is 0 Å². The molecule has 20 heavy (non-hydrogen) atoms. The number of hydrogen-bond acceptors (Lipinski definition) is 3. The van der Waals surface area contributed by atoms with Crippen molar-refractivity contribution in [3.8, 4) is 0 Å². The van der Waals surface area contributed by atoms with E-state index in [0.29, 0.717) is 4.86 Å². The van der Waals surface area contributed by atoms with Crippen molar-refractivity contribution in [2.45, 2.75) is 30.0 Å². The monoisotopic (exact) mass is 353 g/mol. The van der Waals surface area contributed by atoms with Crippen LogP contribution in [0.2, 0.25) is 0 Å². The van der Waals surface area contributed by atoms with Gasteiger partial charge in [0.05, 0.1) is 6.04 Å². The predicted molar refractivity (Wildman–Crippen MR) is 85.8 cm³/mol. The molecule has 110 valence electrons. The molecule has 4 nitrogen and oxygen atoms in total. The van der Waals surface area contributed by atoms with Gasteiger partial charge in [-0.05, 0) is 12.0 Å². The Labute approximate surface area is 138 Å². The molecule has 0 aromatic carbocycles. The van der Waals surface area contributed by atoms with Gasteiger partial charge in [-0.1, -0.05) is 79.1 Å². The van der Waals surface area contributed by atoms with E-state index >= 15 is 0 Å². The van der Waals surface area contributed by atoms with Crippen LogP contribution in [0.5, 0.6) is 0 Å². The molecule has 0 spiro atoms. The average molecular weight is 355 g/mol. The molecule has 8 heteroatoms. The molecule has 0 saturated carbocycles. The van der Waals surface area contributed by atoms with Crippen molar-refractivity contribution in [1.82, 2.24) is 15.3 Å². The van der Waals surface area contributed by atoms with Crippen molar-refractivity contribution in [3.63, 3.8) is 0 Å². The first kappa shape index (κ1) is 16.0. The first-order valence-electron chi connectivity index (χ1n) is 6.07. The van der Waals surface area contributed by atoms with Crippen molar-refractivity contribution in [1.29, 1.82) is 0 Å². The molecule has 2 aliphatic rings. The fraction of sp³-hybridized carbons (Fsp3) is 0.500. The zero-order valence-electron chi connectivity index (χ0n) is 10.9. The molecular formula is C12H14Cl3N3OS. The number of nitrogens with zero attached hydrogens (tertiary/aromatic N) is 2. The van der Waals surface area contributed by atoms with Crippen LogP contribution in [0.4, 0.5) is 4.79 Å². The maximum Gasteiger partial charge on any atom is 0.340 e. The molecule has 1 saturated heterocycles. The highest BCUT2D eigenvalue weighted by molar-refractivity contribution is 7.80. The first-order chi connectivity index (χ1) is 9.23. The van der Waals surface area contributed by atoms with Crippen molar-refractivity contribution < 1.29 is 4.79 Å². The van der Waals surface area contributed by atoms with E-state index in [2.05, 4.69) is 5.43 Å². The van der Waals surface area contributed by atoms with Gasteiger partial charge in [-0.15, -0.1) is 0 Å². The minimum atomic E-state index is -1.85. The summed E-state index contributed by atoms with van der Waals surface area (Å²) < 4.78 is -1.85. The second-order valence-electron chi connectivity index (χ2n) is 4.90.